The fourth-order valence-corrected chi connectivity index (χ4v) is 3.58. The van der Waals surface area contributed by atoms with Gasteiger partial charge in [0, 0.05) is 31.5 Å². The molecule has 0 radical (unpaired) electrons. The lowest BCUT2D eigenvalue weighted by molar-refractivity contribution is -0.146. The smallest absolute Gasteiger partial charge is 0.253 e. The van der Waals surface area contributed by atoms with Crippen LogP contribution in [-0.2, 0) is 20.8 Å². The highest BCUT2D eigenvalue weighted by atomic mass is 16.6. The zero-order valence-corrected chi connectivity index (χ0v) is 14.7. The van der Waals surface area contributed by atoms with Crippen molar-refractivity contribution in [3.05, 3.63) is 60.4 Å². The van der Waals surface area contributed by atoms with E-state index in [2.05, 4.69) is 9.88 Å². The van der Waals surface area contributed by atoms with Crippen LogP contribution in [0.3, 0.4) is 0 Å². The first-order chi connectivity index (χ1) is 12.7. The maximum atomic E-state index is 12.4. The lowest BCUT2D eigenvalue weighted by Gasteiger charge is -2.43. The molecule has 136 valence electrons. The number of nitrogens with zero attached hydrogens (tertiary/aromatic N) is 3. The number of anilines is 1. The average Bonchev–Trinajstić information content (AvgIpc) is 2.88. The number of amides is 1. The second-order valence-electron chi connectivity index (χ2n) is 6.87. The van der Waals surface area contributed by atoms with Gasteiger partial charge in [0.2, 0.25) is 0 Å². The van der Waals surface area contributed by atoms with Crippen molar-refractivity contribution in [3.8, 4) is 0 Å². The third-order valence-electron chi connectivity index (χ3n) is 4.86. The number of para-hydroxylation sites is 1. The van der Waals surface area contributed by atoms with Gasteiger partial charge in [-0.15, -0.1) is 0 Å². The number of aromatic nitrogens is 1. The van der Waals surface area contributed by atoms with E-state index in [0.29, 0.717) is 26.3 Å². The van der Waals surface area contributed by atoms with Crippen molar-refractivity contribution in [2.24, 2.45) is 0 Å². The van der Waals surface area contributed by atoms with Gasteiger partial charge in [0.1, 0.15) is 12.2 Å². The van der Waals surface area contributed by atoms with Crippen molar-refractivity contribution in [1.82, 2.24) is 9.88 Å². The molecule has 0 saturated carbocycles. The number of carbonyl (C=O) groups is 1. The minimum atomic E-state index is -0.519. The van der Waals surface area contributed by atoms with Crippen LogP contribution in [-0.4, -0.2) is 60.8 Å². The molecule has 6 heteroatoms. The quantitative estimate of drug-likeness (QED) is 0.841. The summed E-state index contributed by atoms with van der Waals surface area (Å²) in [6, 6.07) is 15.7. The molecule has 2 fully saturated rings. The van der Waals surface area contributed by atoms with Gasteiger partial charge in [-0.2, -0.15) is 0 Å². The molecule has 2 saturated heterocycles. The molecule has 6 nitrogen and oxygen atoms in total. The zero-order valence-electron chi connectivity index (χ0n) is 14.7. The molecule has 1 unspecified atom stereocenters. The van der Waals surface area contributed by atoms with Crippen molar-refractivity contribution < 1.29 is 14.3 Å². The summed E-state index contributed by atoms with van der Waals surface area (Å²) in [7, 11) is 0. The van der Waals surface area contributed by atoms with Crippen LogP contribution in [0.5, 0.6) is 0 Å². The number of benzene rings is 1. The van der Waals surface area contributed by atoms with Crippen LogP contribution >= 0.6 is 0 Å². The topological polar surface area (TPSA) is 54.9 Å². The third kappa shape index (κ3) is 3.77. The van der Waals surface area contributed by atoms with Gasteiger partial charge in [-0.25, -0.2) is 0 Å². The maximum absolute atomic E-state index is 12.4. The molecule has 2 aliphatic rings. The summed E-state index contributed by atoms with van der Waals surface area (Å²) in [5.74, 6) is -0.0117. The van der Waals surface area contributed by atoms with Crippen LogP contribution in [0.1, 0.15) is 5.69 Å². The molecule has 1 amide bonds. The Kier molecular flexibility index (Phi) is 4.97. The molecule has 1 spiro atoms. The first kappa shape index (κ1) is 17.1. The van der Waals surface area contributed by atoms with Gasteiger partial charge in [-0.1, -0.05) is 24.3 Å². The van der Waals surface area contributed by atoms with E-state index in [1.807, 2.05) is 59.6 Å². The highest BCUT2D eigenvalue weighted by Gasteiger charge is 2.43. The summed E-state index contributed by atoms with van der Waals surface area (Å²) >= 11 is 0. The van der Waals surface area contributed by atoms with Gasteiger partial charge in [0.15, 0.2) is 0 Å². The minimum absolute atomic E-state index is 0.0117. The molecule has 1 aromatic carbocycles. The van der Waals surface area contributed by atoms with Crippen LogP contribution in [0.2, 0.25) is 0 Å². The van der Waals surface area contributed by atoms with Gasteiger partial charge >= 0.3 is 0 Å². The molecule has 2 aliphatic heterocycles. The normalized spacial score (nSPS) is 24.6. The average molecular weight is 353 g/mol. The summed E-state index contributed by atoms with van der Waals surface area (Å²) in [6.45, 7) is 3.99. The predicted molar refractivity (Wildman–Crippen MR) is 97.8 cm³/mol. The molecule has 3 heterocycles. The second-order valence-corrected chi connectivity index (χ2v) is 6.87. The van der Waals surface area contributed by atoms with E-state index in [9.17, 15) is 4.79 Å². The van der Waals surface area contributed by atoms with E-state index in [1.165, 1.54) is 0 Å². The van der Waals surface area contributed by atoms with E-state index >= 15 is 0 Å². The molecule has 0 aliphatic carbocycles. The SMILES string of the molecule is O=C1COC2(COCCN(Cc3ccccn3)C2)CN1c1ccccc1. The zero-order chi connectivity index (χ0) is 17.8. The van der Waals surface area contributed by atoms with Crippen LogP contribution in [0.25, 0.3) is 0 Å². The number of hydrogen-bond donors (Lipinski definition) is 0. The monoisotopic (exact) mass is 353 g/mol. The Bertz CT molecular complexity index is 740. The van der Waals surface area contributed by atoms with Crippen LogP contribution in [0.4, 0.5) is 5.69 Å². The van der Waals surface area contributed by atoms with Gasteiger partial charge in [0.25, 0.3) is 5.91 Å². The number of hydrogen-bond acceptors (Lipinski definition) is 5. The minimum Gasteiger partial charge on any atom is -0.377 e. The summed E-state index contributed by atoms with van der Waals surface area (Å²) < 4.78 is 11.9. The highest BCUT2D eigenvalue weighted by Crippen LogP contribution is 2.27. The van der Waals surface area contributed by atoms with Gasteiger partial charge in [-0.05, 0) is 24.3 Å². The summed E-state index contributed by atoms with van der Waals surface area (Å²) in [6.07, 6.45) is 1.81. The van der Waals surface area contributed by atoms with E-state index < -0.39 is 5.60 Å². The molecule has 1 aromatic heterocycles. The number of carbonyl (C=O) groups excluding carboxylic acids is 1. The van der Waals surface area contributed by atoms with Crippen molar-refractivity contribution >= 4 is 11.6 Å². The predicted octanol–water partition coefficient (Wildman–Crippen LogP) is 1.72. The summed E-state index contributed by atoms with van der Waals surface area (Å²) in [4.78, 5) is 21.0. The lowest BCUT2D eigenvalue weighted by Crippen LogP contribution is -2.60. The Labute approximate surface area is 153 Å². The largest absolute Gasteiger partial charge is 0.377 e. The molecule has 26 heavy (non-hydrogen) atoms. The first-order valence-electron chi connectivity index (χ1n) is 8.94. The Balaban J connectivity index is 1.53. The fourth-order valence-electron chi connectivity index (χ4n) is 3.58. The van der Waals surface area contributed by atoms with Gasteiger partial charge in [-0.3, -0.25) is 14.7 Å². The van der Waals surface area contributed by atoms with Crippen molar-refractivity contribution in [2.45, 2.75) is 12.1 Å². The lowest BCUT2D eigenvalue weighted by atomic mass is 10.0. The van der Waals surface area contributed by atoms with Crippen molar-refractivity contribution in [1.29, 1.82) is 0 Å². The van der Waals surface area contributed by atoms with E-state index in [1.54, 1.807) is 0 Å². The molecule has 4 rings (SSSR count). The van der Waals surface area contributed by atoms with Gasteiger partial charge < -0.3 is 14.4 Å². The molecule has 1 atom stereocenters. The molecule has 0 bridgehead atoms. The van der Waals surface area contributed by atoms with Crippen molar-refractivity contribution in [3.63, 3.8) is 0 Å². The van der Waals surface area contributed by atoms with E-state index in [-0.39, 0.29) is 12.5 Å². The number of rotatable bonds is 3. The van der Waals surface area contributed by atoms with E-state index in [4.69, 9.17) is 9.47 Å². The van der Waals surface area contributed by atoms with Crippen LogP contribution in [0, 0.1) is 0 Å². The Morgan fingerprint density at radius 1 is 1.08 bits per heavy atom. The number of morpholine rings is 1. The van der Waals surface area contributed by atoms with E-state index in [0.717, 1.165) is 24.5 Å². The Morgan fingerprint density at radius 2 is 1.92 bits per heavy atom. The van der Waals surface area contributed by atoms with Gasteiger partial charge in [0.05, 0.1) is 25.5 Å². The molecular weight excluding hydrogens is 330 g/mol. The Morgan fingerprint density at radius 3 is 2.73 bits per heavy atom. The summed E-state index contributed by atoms with van der Waals surface area (Å²) in [5.41, 5.74) is 1.41. The maximum Gasteiger partial charge on any atom is 0.253 e. The molecule has 2 aromatic rings. The highest BCUT2D eigenvalue weighted by molar-refractivity contribution is 5.95. The number of pyridine rings is 1. The second kappa shape index (κ2) is 7.53. The third-order valence-corrected chi connectivity index (χ3v) is 4.86. The first-order valence-corrected chi connectivity index (χ1v) is 8.94. The fraction of sp³-hybridized carbons (Fsp3) is 0.400. The molecular formula is C20H23N3O3. The molecule has 0 N–H and O–H groups in total. The summed E-state index contributed by atoms with van der Waals surface area (Å²) in [5, 5.41) is 0. The van der Waals surface area contributed by atoms with Crippen LogP contribution in [0.15, 0.2) is 54.7 Å². The standard InChI is InChI=1S/C20H23N3O3/c24-19-13-26-20(15-23(19)18-7-2-1-3-8-18)14-22(10-11-25-16-20)12-17-6-4-5-9-21-17/h1-9H,10-16H2. The van der Waals surface area contributed by atoms with Crippen LogP contribution < -0.4 is 4.90 Å². The van der Waals surface area contributed by atoms with Crippen molar-refractivity contribution in [2.75, 3.05) is 44.4 Å². The Hall–Kier alpha value is -2.28. The number of ether oxygens (including phenoxy) is 2.